The van der Waals surface area contributed by atoms with E-state index in [0.717, 1.165) is 31.5 Å². The summed E-state index contributed by atoms with van der Waals surface area (Å²) in [5.74, 6) is 0.0989. The van der Waals surface area contributed by atoms with Crippen LogP contribution in [0.15, 0.2) is 12.4 Å². The van der Waals surface area contributed by atoms with Crippen LogP contribution in [0.4, 0.5) is 0 Å². The van der Waals surface area contributed by atoms with E-state index >= 15 is 0 Å². The van der Waals surface area contributed by atoms with Gasteiger partial charge in [-0.3, -0.25) is 9.48 Å². The highest BCUT2D eigenvalue weighted by atomic mass is 16.5. The van der Waals surface area contributed by atoms with E-state index < -0.39 is 5.60 Å². The molecular formula is C23H33N5O4. The Kier molecular flexibility index (Phi) is 6.37. The van der Waals surface area contributed by atoms with Crippen molar-refractivity contribution >= 4 is 5.91 Å². The molecule has 1 saturated carbocycles. The van der Waals surface area contributed by atoms with E-state index in [1.807, 2.05) is 38.8 Å². The molecule has 0 aromatic carbocycles. The Morgan fingerprint density at radius 1 is 1.19 bits per heavy atom. The average molecular weight is 444 g/mol. The molecule has 3 heterocycles. The second-order valence-corrected chi connectivity index (χ2v) is 8.58. The van der Waals surface area contributed by atoms with Gasteiger partial charge in [-0.05, 0) is 40.5 Å². The SMILES string of the molecule is CCOc1ncc(C2(O)[C@H]3CCC[C@H]2CN(C(=O)c2cn(CC)nc2C)C3)c(OCC)n1. The summed E-state index contributed by atoms with van der Waals surface area (Å²) in [6.45, 7) is 10.2. The van der Waals surface area contributed by atoms with Gasteiger partial charge in [0.2, 0.25) is 5.88 Å². The maximum Gasteiger partial charge on any atom is 0.319 e. The molecule has 0 radical (unpaired) electrons. The number of carbonyl (C=O) groups is 1. The van der Waals surface area contributed by atoms with Gasteiger partial charge in [-0.1, -0.05) is 6.42 Å². The van der Waals surface area contributed by atoms with Crippen LogP contribution in [0, 0.1) is 18.8 Å². The lowest BCUT2D eigenvalue weighted by molar-refractivity contribution is -0.141. The predicted molar refractivity (Wildman–Crippen MR) is 118 cm³/mol. The van der Waals surface area contributed by atoms with Gasteiger partial charge in [-0.15, -0.1) is 0 Å². The monoisotopic (exact) mass is 443 g/mol. The Balaban J connectivity index is 1.65. The number of piperidine rings is 1. The molecule has 4 rings (SSSR count). The van der Waals surface area contributed by atoms with Gasteiger partial charge in [-0.2, -0.15) is 10.1 Å². The number of aromatic nitrogens is 4. The largest absolute Gasteiger partial charge is 0.478 e. The lowest BCUT2D eigenvalue weighted by Gasteiger charge is -2.53. The molecule has 0 spiro atoms. The third-order valence-electron chi connectivity index (χ3n) is 6.74. The first-order valence-corrected chi connectivity index (χ1v) is 11.6. The minimum atomic E-state index is -1.15. The topological polar surface area (TPSA) is 103 Å². The molecular weight excluding hydrogens is 410 g/mol. The van der Waals surface area contributed by atoms with Gasteiger partial charge in [0.15, 0.2) is 0 Å². The summed E-state index contributed by atoms with van der Waals surface area (Å²) in [4.78, 5) is 24.0. The van der Waals surface area contributed by atoms with E-state index in [0.29, 0.717) is 43.3 Å². The van der Waals surface area contributed by atoms with Gasteiger partial charge >= 0.3 is 6.01 Å². The lowest BCUT2D eigenvalue weighted by Crippen LogP contribution is -2.59. The fraction of sp³-hybridized carbons (Fsp3) is 0.652. The fourth-order valence-electron chi connectivity index (χ4n) is 5.19. The summed E-state index contributed by atoms with van der Waals surface area (Å²) >= 11 is 0. The summed E-state index contributed by atoms with van der Waals surface area (Å²) in [6.07, 6.45) is 6.13. The summed E-state index contributed by atoms with van der Waals surface area (Å²) in [6, 6.07) is 0.240. The van der Waals surface area contributed by atoms with Crippen molar-refractivity contribution in [3.05, 3.63) is 29.2 Å². The van der Waals surface area contributed by atoms with Crippen LogP contribution < -0.4 is 9.47 Å². The summed E-state index contributed by atoms with van der Waals surface area (Å²) < 4.78 is 13.0. The lowest BCUT2D eigenvalue weighted by atomic mass is 9.63. The minimum Gasteiger partial charge on any atom is -0.478 e. The van der Waals surface area contributed by atoms with E-state index in [2.05, 4.69) is 15.1 Å². The van der Waals surface area contributed by atoms with Gasteiger partial charge in [0.1, 0.15) is 5.60 Å². The molecule has 2 aliphatic rings. The normalized spacial score (nSPS) is 25.0. The Labute approximate surface area is 188 Å². The van der Waals surface area contributed by atoms with E-state index in [1.54, 1.807) is 10.9 Å². The number of aryl methyl sites for hydroxylation is 2. The molecule has 2 bridgehead atoms. The Morgan fingerprint density at radius 3 is 2.47 bits per heavy atom. The molecule has 32 heavy (non-hydrogen) atoms. The molecule has 1 amide bonds. The van der Waals surface area contributed by atoms with E-state index in [-0.39, 0.29) is 23.8 Å². The van der Waals surface area contributed by atoms with Crippen molar-refractivity contribution in [2.75, 3.05) is 26.3 Å². The van der Waals surface area contributed by atoms with E-state index in [4.69, 9.17) is 9.47 Å². The molecule has 174 valence electrons. The number of aliphatic hydroxyl groups is 1. The smallest absolute Gasteiger partial charge is 0.319 e. The fourth-order valence-corrected chi connectivity index (χ4v) is 5.19. The van der Waals surface area contributed by atoms with Crippen LogP contribution in [-0.2, 0) is 12.1 Å². The Bertz CT molecular complexity index is 961. The molecule has 9 nitrogen and oxygen atoms in total. The highest BCUT2D eigenvalue weighted by Crippen LogP contribution is 2.51. The molecule has 0 unspecified atom stereocenters. The number of likely N-dealkylation sites (tertiary alicyclic amines) is 1. The molecule has 9 heteroatoms. The zero-order valence-corrected chi connectivity index (χ0v) is 19.4. The second-order valence-electron chi connectivity index (χ2n) is 8.58. The first kappa shape index (κ1) is 22.5. The zero-order valence-electron chi connectivity index (χ0n) is 19.4. The van der Waals surface area contributed by atoms with E-state index in [9.17, 15) is 9.90 Å². The van der Waals surface area contributed by atoms with Crippen molar-refractivity contribution in [1.29, 1.82) is 0 Å². The average Bonchev–Trinajstić information content (AvgIpc) is 3.14. The number of rotatable bonds is 7. The van der Waals surface area contributed by atoms with Gasteiger partial charge < -0.3 is 19.5 Å². The molecule has 1 aliphatic heterocycles. The molecule has 2 aromatic rings. The molecule has 2 atom stereocenters. The van der Waals surface area contributed by atoms with E-state index in [1.165, 1.54) is 0 Å². The quantitative estimate of drug-likeness (QED) is 0.701. The van der Waals surface area contributed by atoms with Crippen LogP contribution >= 0.6 is 0 Å². The predicted octanol–water partition coefficient (Wildman–Crippen LogP) is 2.56. The summed E-state index contributed by atoms with van der Waals surface area (Å²) in [5, 5.41) is 16.5. The van der Waals surface area contributed by atoms with Gasteiger partial charge in [0.25, 0.3) is 5.91 Å². The zero-order chi connectivity index (χ0) is 22.9. The van der Waals surface area contributed by atoms with Crippen molar-refractivity contribution in [3.63, 3.8) is 0 Å². The second kappa shape index (κ2) is 9.05. The van der Waals surface area contributed by atoms with Crippen molar-refractivity contribution in [2.45, 2.75) is 59.1 Å². The van der Waals surface area contributed by atoms with Crippen LogP contribution in [0.5, 0.6) is 11.9 Å². The standard InChI is InChI=1S/C23H33N5O4/c1-5-28-14-18(15(4)26-28)21(29)27-12-16-9-8-10-17(13-27)23(16,30)19-11-24-22(32-7-3)25-20(19)31-6-2/h11,14,16-17,30H,5-10,12-13H2,1-4H3/t16-,17-/m0/s1. The Morgan fingerprint density at radius 2 is 1.88 bits per heavy atom. The van der Waals surface area contributed by atoms with Crippen molar-refractivity contribution in [2.24, 2.45) is 11.8 Å². The minimum absolute atomic E-state index is 0.0193. The van der Waals surface area contributed by atoms with Gasteiger partial charge in [0, 0.05) is 43.9 Å². The third kappa shape index (κ3) is 3.83. The first-order chi connectivity index (χ1) is 15.4. The maximum absolute atomic E-state index is 13.3. The highest BCUT2D eigenvalue weighted by molar-refractivity contribution is 5.95. The van der Waals surface area contributed by atoms with Crippen LogP contribution in [0.3, 0.4) is 0 Å². The molecule has 2 fully saturated rings. The number of hydrogen-bond donors (Lipinski definition) is 1. The number of carbonyl (C=O) groups excluding carboxylic acids is 1. The number of amides is 1. The highest BCUT2D eigenvalue weighted by Gasteiger charge is 2.54. The number of nitrogens with zero attached hydrogens (tertiary/aromatic N) is 5. The summed E-state index contributed by atoms with van der Waals surface area (Å²) in [5.41, 5.74) is 0.822. The number of hydrogen-bond acceptors (Lipinski definition) is 7. The number of ether oxygens (including phenoxy) is 2. The number of fused-ring (bicyclic) bond motifs is 2. The van der Waals surface area contributed by atoms with Crippen LogP contribution in [-0.4, -0.2) is 62.0 Å². The first-order valence-electron chi connectivity index (χ1n) is 11.6. The summed E-state index contributed by atoms with van der Waals surface area (Å²) in [7, 11) is 0. The van der Waals surface area contributed by atoms with Crippen molar-refractivity contribution in [3.8, 4) is 11.9 Å². The molecule has 1 saturated heterocycles. The molecule has 1 aliphatic carbocycles. The van der Waals surface area contributed by atoms with Crippen LogP contribution in [0.1, 0.15) is 61.6 Å². The van der Waals surface area contributed by atoms with Gasteiger partial charge in [-0.25, -0.2) is 4.98 Å². The third-order valence-corrected chi connectivity index (χ3v) is 6.74. The maximum atomic E-state index is 13.3. The van der Waals surface area contributed by atoms with Crippen molar-refractivity contribution < 1.29 is 19.4 Å². The Hall–Kier alpha value is -2.68. The van der Waals surface area contributed by atoms with Crippen LogP contribution in [0.2, 0.25) is 0 Å². The van der Waals surface area contributed by atoms with Crippen LogP contribution in [0.25, 0.3) is 0 Å². The molecule has 2 aromatic heterocycles. The van der Waals surface area contributed by atoms with Gasteiger partial charge in [0.05, 0.1) is 30.0 Å². The van der Waals surface area contributed by atoms with Crippen molar-refractivity contribution in [1.82, 2.24) is 24.6 Å². The molecule has 1 N–H and O–H groups in total.